The van der Waals surface area contributed by atoms with Crippen LogP contribution >= 0.6 is 0 Å². The Kier molecular flexibility index (Phi) is 9.95. The fraction of sp³-hybridized carbons (Fsp3) is 0.111. The van der Waals surface area contributed by atoms with Gasteiger partial charge in [0.25, 0.3) is 0 Å². The maximum absolute atomic E-state index is 13.8. The maximum atomic E-state index is 13.8. The van der Waals surface area contributed by atoms with E-state index >= 15 is 0 Å². The smallest absolute Gasteiger partial charge is 0.504 e. The number of halogens is 3. The van der Waals surface area contributed by atoms with E-state index in [9.17, 15) is 13.2 Å². The largest absolute Gasteiger partial charge is 6.00 e. The third-order valence-corrected chi connectivity index (χ3v) is 10.2. The van der Waals surface area contributed by atoms with Gasteiger partial charge in [0.15, 0.2) is 0 Å². The van der Waals surface area contributed by atoms with Gasteiger partial charge in [0.05, 0.1) is 0 Å². The van der Waals surface area contributed by atoms with Crippen LogP contribution in [0.15, 0.2) is 127 Å². The second-order valence-corrected chi connectivity index (χ2v) is 13.9. The van der Waals surface area contributed by atoms with E-state index in [0.29, 0.717) is 11.4 Å². The standard InChI is InChI=1S/C23H18F3N4.C22H19N4.Os/c1-27-14-29(21-9-5-3-7-19(21)27)17-11-16(23(24,25)26)12-18(13-17)30-15-28(2)20-8-4-6-10-22(20)30;1-23-15-25(21-12-5-3-10-19(21)23)17-8-7-9-18(14-17)26-16-24(2)20-11-4-6-13-22(20)26;/h3-12,14-15H,1-2H3;3-13,15-16H,1-2H3;/q2*-3;+6. The summed E-state index contributed by atoms with van der Waals surface area (Å²) in [6, 6.07) is 47.3. The van der Waals surface area contributed by atoms with E-state index in [-0.39, 0.29) is 19.8 Å². The molecule has 0 atom stereocenters. The number of alkyl halides is 3. The molecule has 4 aliphatic heterocycles. The van der Waals surface area contributed by atoms with Crippen LogP contribution in [0.5, 0.6) is 0 Å². The van der Waals surface area contributed by atoms with Crippen LogP contribution in [0, 0.1) is 38.8 Å². The van der Waals surface area contributed by atoms with Crippen LogP contribution < -0.4 is 39.2 Å². The summed E-state index contributed by atoms with van der Waals surface area (Å²) in [4.78, 5) is 15.9. The van der Waals surface area contributed by atoms with Crippen LogP contribution in [0.2, 0.25) is 0 Å². The number of rotatable bonds is 4. The fourth-order valence-electron chi connectivity index (χ4n) is 7.51. The quantitative estimate of drug-likeness (QED) is 0.161. The number of nitrogens with zero attached hydrogens (tertiary/aromatic N) is 8. The summed E-state index contributed by atoms with van der Waals surface area (Å²) < 4.78 is 41.3. The van der Waals surface area contributed by atoms with Crippen molar-refractivity contribution in [2.45, 2.75) is 6.18 Å². The second kappa shape index (κ2) is 14.9. The van der Waals surface area contributed by atoms with Gasteiger partial charge in [-0.3, -0.25) is 0 Å². The molecule has 0 bridgehead atoms. The normalized spacial score (nSPS) is 15.3. The van der Waals surface area contributed by atoms with Gasteiger partial charge in [0.2, 0.25) is 0 Å². The van der Waals surface area contributed by atoms with Crippen molar-refractivity contribution in [2.24, 2.45) is 0 Å². The van der Waals surface area contributed by atoms with Crippen LogP contribution in [0.1, 0.15) is 5.56 Å². The predicted octanol–water partition coefficient (Wildman–Crippen LogP) is 10.8. The minimum Gasteiger partial charge on any atom is -0.504 e. The molecule has 286 valence electrons. The molecule has 4 heterocycles. The van der Waals surface area contributed by atoms with Crippen molar-refractivity contribution in [3.8, 4) is 0 Å². The SMILES string of the molecule is CN1[CH-]N(c2[c-]c(N3[CH-]N(C)c4ccccc43)cc(C(F)(F)F)c2)c2ccccc21.CN1[CH-]N(c2[c-]c(N3[CH-]N(C)c4ccccc43)ccc2)c2ccccc21.[Os+6]. The minimum absolute atomic E-state index is 0. The number of fused-ring (bicyclic) bond motifs is 4. The summed E-state index contributed by atoms with van der Waals surface area (Å²) in [5, 5.41) is 0. The average molecular weight is 937 g/mol. The third-order valence-electron chi connectivity index (χ3n) is 10.2. The van der Waals surface area contributed by atoms with Crippen molar-refractivity contribution in [1.82, 2.24) is 0 Å². The van der Waals surface area contributed by atoms with Crippen molar-refractivity contribution in [1.29, 1.82) is 0 Å². The molecule has 0 aliphatic carbocycles. The van der Waals surface area contributed by atoms with E-state index in [0.717, 1.165) is 46.3 Å². The van der Waals surface area contributed by atoms with Gasteiger partial charge in [0.1, 0.15) is 0 Å². The van der Waals surface area contributed by atoms with Crippen LogP contribution in [0.25, 0.3) is 0 Å². The van der Waals surface area contributed by atoms with E-state index in [2.05, 4.69) is 126 Å². The molecule has 0 N–H and O–H groups in total. The Morgan fingerprint density at radius 2 is 0.649 bits per heavy atom. The molecule has 57 heavy (non-hydrogen) atoms. The molecule has 0 spiro atoms. The van der Waals surface area contributed by atoms with Gasteiger partial charge in [-0.1, -0.05) is 54.1 Å². The first-order chi connectivity index (χ1) is 27.0. The molecule has 0 saturated carbocycles. The zero-order valence-electron chi connectivity index (χ0n) is 31.5. The second-order valence-electron chi connectivity index (χ2n) is 13.9. The van der Waals surface area contributed by atoms with Gasteiger partial charge in [-0.15, -0.1) is 59.1 Å². The Bertz CT molecular complexity index is 2270. The zero-order valence-corrected chi connectivity index (χ0v) is 34.0. The first-order valence-corrected chi connectivity index (χ1v) is 18.1. The molecule has 0 radical (unpaired) electrons. The molecule has 6 aromatic carbocycles. The first kappa shape index (κ1) is 38.0. The van der Waals surface area contributed by atoms with Gasteiger partial charge in [-0.05, 0) is 76.7 Å². The van der Waals surface area contributed by atoms with Crippen LogP contribution in [0.3, 0.4) is 0 Å². The van der Waals surface area contributed by atoms with Crippen molar-refractivity contribution in [3.05, 3.63) is 172 Å². The topological polar surface area (TPSA) is 25.9 Å². The summed E-state index contributed by atoms with van der Waals surface area (Å²) in [5.74, 6) is 0. The Hall–Kier alpha value is -5.85. The molecule has 0 fully saturated rings. The molecular formula is C45H37F3N8Os. The van der Waals surface area contributed by atoms with Crippen molar-refractivity contribution in [2.75, 3.05) is 67.4 Å². The van der Waals surface area contributed by atoms with Crippen LogP contribution in [-0.4, -0.2) is 28.2 Å². The monoisotopic (exact) mass is 938 g/mol. The first-order valence-electron chi connectivity index (χ1n) is 18.1. The molecule has 0 aromatic heterocycles. The fourth-order valence-corrected chi connectivity index (χ4v) is 7.51. The Balaban J connectivity index is 0.000000158. The summed E-state index contributed by atoms with van der Waals surface area (Å²) in [6.45, 7) is 7.75. The number of benzene rings is 6. The molecule has 0 saturated heterocycles. The summed E-state index contributed by atoms with van der Waals surface area (Å²) >= 11 is 0. The van der Waals surface area contributed by atoms with Gasteiger partial charge in [-0.2, -0.15) is 45.9 Å². The van der Waals surface area contributed by atoms with E-state index in [1.54, 1.807) is 23.1 Å². The number of para-hydroxylation sites is 8. The van der Waals surface area contributed by atoms with E-state index in [1.807, 2.05) is 72.4 Å². The van der Waals surface area contributed by atoms with Crippen LogP contribution in [0.4, 0.5) is 81.4 Å². The van der Waals surface area contributed by atoms with Gasteiger partial charge in [0, 0.05) is 45.5 Å². The van der Waals surface area contributed by atoms with Gasteiger partial charge < -0.3 is 39.2 Å². The Morgan fingerprint density at radius 3 is 0.947 bits per heavy atom. The molecule has 12 heteroatoms. The minimum atomic E-state index is -4.48. The van der Waals surface area contributed by atoms with Gasteiger partial charge in [-0.25, -0.2) is 0 Å². The number of anilines is 12. The molecule has 0 unspecified atom stereocenters. The maximum Gasteiger partial charge on any atom is 6.00 e. The van der Waals surface area contributed by atoms with E-state index in [4.69, 9.17) is 0 Å². The Labute approximate surface area is 345 Å². The van der Waals surface area contributed by atoms with Crippen molar-refractivity contribution < 1.29 is 33.0 Å². The molecule has 4 aliphatic rings. The molecule has 8 nitrogen and oxygen atoms in total. The summed E-state index contributed by atoms with van der Waals surface area (Å²) in [7, 11) is 7.88. The third kappa shape index (κ3) is 6.86. The average Bonchev–Trinajstić information content (AvgIpc) is 3.95. The van der Waals surface area contributed by atoms with Crippen LogP contribution in [-0.2, 0) is 26.0 Å². The predicted molar refractivity (Wildman–Crippen MR) is 221 cm³/mol. The zero-order chi connectivity index (χ0) is 38.7. The van der Waals surface area contributed by atoms with E-state index < -0.39 is 11.7 Å². The number of hydrogen-bond acceptors (Lipinski definition) is 8. The van der Waals surface area contributed by atoms with Gasteiger partial charge >= 0.3 is 26.0 Å². The summed E-state index contributed by atoms with van der Waals surface area (Å²) in [5.41, 5.74) is 10.2. The molecule has 10 rings (SSSR count). The molecule has 6 aromatic rings. The number of hydrogen-bond donors (Lipinski definition) is 0. The molecule has 0 amide bonds. The summed E-state index contributed by atoms with van der Waals surface area (Å²) in [6.07, 6.45) is -4.48. The van der Waals surface area contributed by atoms with Crippen molar-refractivity contribution in [3.63, 3.8) is 0 Å². The molecular weight excluding hydrogens is 900 g/mol. The van der Waals surface area contributed by atoms with Crippen molar-refractivity contribution >= 4 is 68.2 Å². The van der Waals surface area contributed by atoms with E-state index in [1.165, 1.54) is 22.7 Å². The Morgan fingerprint density at radius 1 is 0.386 bits per heavy atom.